The molecule has 0 radical (unpaired) electrons. The van der Waals surface area contributed by atoms with Crippen molar-refractivity contribution in [2.45, 2.75) is 32.4 Å². The lowest BCUT2D eigenvalue weighted by atomic mass is 10.0. The Morgan fingerprint density at radius 2 is 2.08 bits per heavy atom. The van der Waals surface area contributed by atoms with E-state index in [0.29, 0.717) is 23.7 Å². The van der Waals surface area contributed by atoms with Crippen LogP contribution in [0.5, 0.6) is 17.2 Å². The molecule has 0 spiro atoms. The highest BCUT2D eigenvalue weighted by atomic mass is 16.7. The number of amides is 3. The maximum absolute atomic E-state index is 12.2. The molecule has 136 valence electrons. The van der Waals surface area contributed by atoms with Crippen LogP contribution in [0.1, 0.15) is 20.3 Å². The Bertz CT molecular complexity index is 663. The van der Waals surface area contributed by atoms with Gasteiger partial charge in [-0.2, -0.15) is 0 Å². The average Bonchev–Trinajstić information content (AvgIpc) is 3.12. The van der Waals surface area contributed by atoms with E-state index < -0.39 is 18.2 Å². The Labute approximate surface area is 145 Å². The third-order valence-electron chi connectivity index (χ3n) is 3.99. The number of nitrogens with zero attached hydrogens (tertiary/aromatic N) is 1. The topological polar surface area (TPSA) is 97.3 Å². The first-order valence-corrected chi connectivity index (χ1v) is 8.26. The molecule has 3 rings (SSSR count). The van der Waals surface area contributed by atoms with E-state index in [9.17, 15) is 14.7 Å². The minimum Gasteiger partial charge on any atom is -0.491 e. The van der Waals surface area contributed by atoms with Gasteiger partial charge in [0.2, 0.25) is 6.79 Å². The van der Waals surface area contributed by atoms with E-state index in [-0.39, 0.29) is 31.8 Å². The number of β-amino-alcohol motifs (C(OH)–C–C–N with tert-alkyl or cyclic N) is 1. The van der Waals surface area contributed by atoms with Gasteiger partial charge in [-0.25, -0.2) is 4.79 Å². The molecular weight excluding hydrogens is 328 g/mol. The first-order chi connectivity index (χ1) is 11.9. The van der Waals surface area contributed by atoms with Gasteiger partial charge < -0.3 is 24.6 Å². The lowest BCUT2D eigenvalue weighted by Gasteiger charge is -2.18. The summed E-state index contributed by atoms with van der Waals surface area (Å²) in [5.41, 5.74) is 0. The van der Waals surface area contributed by atoms with Gasteiger partial charge in [0.05, 0.1) is 6.54 Å². The smallest absolute Gasteiger partial charge is 0.324 e. The number of rotatable bonds is 7. The minimum absolute atomic E-state index is 0.0500. The number of fused-ring (bicyclic) bond motifs is 1. The zero-order valence-electron chi connectivity index (χ0n) is 14.2. The molecule has 0 saturated carbocycles. The fraction of sp³-hybridized carbons (Fsp3) is 0.529. The molecule has 0 bridgehead atoms. The maximum Gasteiger partial charge on any atom is 0.324 e. The summed E-state index contributed by atoms with van der Waals surface area (Å²) >= 11 is 0. The maximum atomic E-state index is 12.2. The number of nitrogens with one attached hydrogen (secondary N) is 1. The van der Waals surface area contributed by atoms with Crippen LogP contribution in [-0.4, -0.2) is 54.0 Å². The Morgan fingerprint density at radius 1 is 1.32 bits per heavy atom. The monoisotopic (exact) mass is 350 g/mol. The molecule has 1 aromatic carbocycles. The van der Waals surface area contributed by atoms with Gasteiger partial charge >= 0.3 is 6.03 Å². The lowest BCUT2D eigenvalue weighted by Crippen LogP contribution is -2.40. The van der Waals surface area contributed by atoms with E-state index in [1.807, 2.05) is 13.8 Å². The number of imide groups is 1. The summed E-state index contributed by atoms with van der Waals surface area (Å²) in [6.07, 6.45) is -0.414. The molecule has 2 atom stereocenters. The second-order valence-electron chi connectivity index (χ2n) is 6.56. The Balaban J connectivity index is 1.51. The second kappa shape index (κ2) is 7.18. The van der Waals surface area contributed by atoms with Crippen molar-refractivity contribution in [1.82, 2.24) is 10.2 Å². The second-order valence-corrected chi connectivity index (χ2v) is 6.56. The highest BCUT2D eigenvalue weighted by Crippen LogP contribution is 2.35. The first-order valence-electron chi connectivity index (χ1n) is 8.26. The van der Waals surface area contributed by atoms with Crippen LogP contribution in [0.25, 0.3) is 0 Å². The number of ether oxygens (including phenoxy) is 3. The van der Waals surface area contributed by atoms with Gasteiger partial charge in [0, 0.05) is 6.07 Å². The zero-order valence-corrected chi connectivity index (χ0v) is 14.2. The molecule has 25 heavy (non-hydrogen) atoms. The number of hydrogen-bond acceptors (Lipinski definition) is 6. The Hall–Kier alpha value is -2.48. The van der Waals surface area contributed by atoms with Crippen molar-refractivity contribution < 1.29 is 28.9 Å². The van der Waals surface area contributed by atoms with Gasteiger partial charge in [-0.05, 0) is 24.5 Å². The van der Waals surface area contributed by atoms with Crippen LogP contribution in [0.15, 0.2) is 18.2 Å². The zero-order chi connectivity index (χ0) is 18.0. The summed E-state index contributed by atoms with van der Waals surface area (Å²) in [5.74, 6) is 1.72. The van der Waals surface area contributed by atoms with Crippen molar-refractivity contribution in [3.63, 3.8) is 0 Å². The summed E-state index contributed by atoms with van der Waals surface area (Å²) in [6.45, 7) is 3.98. The van der Waals surface area contributed by atoms with Crippen LogP contribution in [0.4, 0.5) is 4.79 Å². The van der Waals surface area contributed by atoms with E-state index in [1.54, 1.807) is 18.2 Å². The molecule has 1 saturated heterocycles. The van der Waals surface area contributed by atoms with Crippen molar-refractivity contribution in [1.29, 1.82) is 0 Å². The first kappa shape index (κ1) is 17.3. The summed E-state index contributed by atoms with van der Waals surface area (Å²) in [4.78, 5) is 25.2. The number of carbonyl (C=O) groups excluding carboxylic acids is 2. The van der Waals surface area contributed by atoms with Gasteiger partial charge in [0.1, 0.15) is 24.5 Å². The third kappa shape index (κ3) is 3.96. The highest BCUT2D eigenvalue weighted by Gasteiger charge is 2.38. The van der Waals surface area contributed by atoms with Crippen molar-refractivity contribution in [2.24, 2.45) is 5.92 Å². The van der Waals surface area contributed by atoms with E-state index in [0.717, 1.165) is 4.90 Å². The lowest BCUT2D eigenvalue weighted by molar-refractivity contribution is -0.128. The van der Waals surface area contributed by atoms with E-state index in [4.69, 9.17) is 14.2 Å². The summed E-state index contributed by atoms with van der Waals surface area (Å²) in [5, 5.41) is 12.8. The van der Waals surface area contributed by atoms with Gasteiger partial charge in [-0.3, -0.25) is 9.69 Å². The Morgan fingerprint density at radius 3 is 2.84 bits per heavy atom. The van der Waals surface area contributed by atoms with Gasteiger partial charge in [-0.1, -0.05) is 13.8 Å². The molecule has 0 aliphatic carbocycles. The molecule has 2 aliphatic heterocycles. The molecule has 3 amide bonds. The van der Waals surface area contributed by atoms with Crippen LogP contribution in [-0.2, 0) is 4.79 Å². The summed E-state index contributed by atoms with van der Waals surface area (Å²) in [6, 6.07) is 4.10. The van der Waals surface area contributed by atoms with Gasteiger partial charge in [0.25, 0.3) is 5.91 Å². The molecule has 0 unspecified atom stereocenters. The number of aliphatic hydroxyl groups excluding tert-OH is 1. The number of benzene rings is 1. The average molecular weight is 350 g/mol. The van der Waals surface area contributed by atoms with Crippen LogP contribution >= 0.6 is 0 Å². The molecule has 2 N–H and O–H groups in total. The van der Waals surface area contributed by atoms with Crippen LogP contribution in [0.3, 0.4) is 0 Å². The molecular formula is C17H22N2O6. The molecule has 1 fully saturated rings. The highest BCUT2D eigenvalue weighted by molar-refractivity contribution is 6.04. The minimum atomic E-state index is -0.988. The quantitative estimate of drug-likeness (QED) is 0.715. The normalized spacial score (nSPS) is 20.2. The standard InChI is InChI=1S/C17H22N2O6/c1-10(2)5-13-16(21)19(17(22)18-13)7-11(20)8-23-12-3-4-14-15(6-12)25-9-24-14/h3-4,6,10-11,13,20H,5,7-9H2,1-2H3,(H,18,22)/t11-,13+/m0/s1. The van der Waals surface area contributed by atoms with Crippen LogP contribution in [0, 0.1) is 5.92 Å². The number of hydrogen-bond donors (Lipinski definition) is 2. The predicted octanol–water partition coefficient (Wildman–Crippen LogP) is 1.12. The Kier molecular flexibility index (Phi) is 4.98. The third-order valence-corrected chi connectivity index (χ3v) is 3.99. The molecule has 0 aromatic heterocycles. The largest absolute Gasteiger partial charge is 0.491 e. The molecule has 2 heterocycles. The molecule has 8 nitrogen and oxygen atoms in total. The van der Waals surface area contributed by atoms with E-state index >= 15 is 0 Å². The predicted molar refractivity (Wildman–Crippen MR) is 87.6 cm³/mol. The molecule has 2 aliphatic rings. The fourth-order valence-electron chi connectivity index (χ4n) is 2.80. The summed E-state index contributed by atoms with van der Waals surface area (Å²) in [7, 11) is 0. The molecule has 1 aromatic rings. The number of carbonyl (C=O) groups is 2. The van der Waals surface area contributed by atoms with Gasteiger partial charge in [0.15, 0.2) is 11.5 Å². The summed E-state index contributed by atoms with van der Waals surface area (Å²) < 4.78 is 16.0. The number of urea groups is 1. The number of aliphatic hydroxyl groups is 1. The van der Waals surface area contributed by atoms with Crippen molar-refractivity contribution in [3.8, 4) is 17.2 Å². The van der Waals surface area contributed by atoms with E-state index in [1.165, 1.54) is 0 Å². The van der Waals surface area contributed by atoms with Crippen molar-refractivity contribution in [3.05, 3.63) is 18.2 Å². The van der Waals surface area contributed by atoms with Crippen LogP contribution < -0.4 is 19.5 Å². The fourth-order valence-corrected chi connectivity index (χ4v) is 2.80. The van der Waals surface area contributed by atoms with E-state index in [2.05, 4.69) is 5.32 Å². The molecule has 8 heteroatoms. The van der Waals surface area contributed by atoms with Crippen molar-refractivity contribution >= 4 is 11.9 Å². The van der Waals surface area contributed by atoms with Gasteiger partial charge in [-0.15, -0.1) is 0 Å². The van der Waals surface area contributed by atoms with Crippen molar-refractivity contribution in [2.75, 3.05) is 19.9 Å². The SMILES string of the molecule is CC(C)C[C@H]1NC(=O)N(C[C@H](O)COc2ccc3c(c2)OCO3)C1=O. The van der Waals surface area contributed by atoms with Crippen LogP contribution in [0.2, 0.25) is 0 Å².